The number of nitrogens with one attached hydrogen (secondary N) is 1. The van der Waals surface area contributed by atoms with Gasteiger partial charge in [0.05, 0.1) is 30.6 Å². The second-order valence-electron chi connectivity index (χ2n) is 7.93. The van der Waals surface area contributed by atoms with Crippen molar-refractivity contribution in [1.29, 1.82) is 0 Å². The van der Waals surface area contributed by atoms with E-state index in [1.807, 2.05) is 0 Å². The molecule has 35 heavy (non-hydrogen) atoms. The van der Waals surface area contributed by atoms with Crippen molar-refractivity contribution in [1.82, 2.24) is 15.1 Å². The molecule has 11 heteroatoms. The number of carbonyl (C=O) groups is 1. The summed E-state index contributed by atoms with van der Waals surface area (Å²) in [5.41, 5.74) is -0.439. The normalized spacial score (nSPS) is 16.3. The van der Waals surface area contributed by atoms with Gasteiger partial charge >= 0.3 is 6.61 Å². The topological polar surface area (TPSA) is 103 Å². The van der Waals surface area contributed by atoms with E-state index >= 15 is 0 Å². The molecular weight excluding hydrogens is 467 g/mol. The lowest BCUT2D eigenvalue weighted by molar-refractivity contribution is -0.0498. The number of hydrogen-bond acceptors (Lipinski definition) is 6. The van der Waals surface area contributed by atoms with E-state index in [4.69, 9.17) is 4.74 Å². The first kappa shape index (κ1) is 24.4. The van der Waals surface area contributed by atoms with Gasteiger partial charge in [-0.15, -0.1) is 0 Å². The summed E-state index contributed by atoms with van der Waals surface area (Å²) in [6.45, 7) is -2.46. The number of halogens is 3. The van der Waals surface area contributed by atoms with Gasteiger partial charge in [0.25, 0.3) is 11.5 Å². The molecule has 4 rings (SSSR count). The number of hydrogen-bond donors (Lipinski definition) is 2. The number of aromatic nitrogens is 2. The number of rotatable bonds is 8. The van der Waals surface area contributed by atoms with Crippen LogP contribution in [-0.2, 0) is 4.74 Å². The van der Waals surface area contributed by atoms with E-state index in [2.05, 4.69) is 15.2 Å². The molecule has 3 aromatic rings. The number of aliphatic hydroxyl groups is 1. The number of carbonyl (C=O) groups excluding carboxylic acids is 1. The minimum atomic E-state index is -2.99. The lowest BCUT2D eigenvalue weighted by Crippen LogP contribution is -2.45. The van der Waals surface area contributed by atoms with Crippen LogP contribution in [0.25, 0.3) is 16.9 Å². The fraction of sp³-hybridized carbons (Fsp3) is 0.292. The molecule has 0 unspecified atom stereocenters. The third-order valence-electron chi connectivity index (χ3n) is 5.63. The second kappa shape index (κ2) is 10.7. The molecule has 2 heterocycles. The zero-order chi connectivity index (χ0) is 24.9. The highest BCUT2D eigenvalue weighted by molar-refractivity contribution is 5.95. The first-order valence-corrected chi connectivity index (χ1v) is 10.8. The molecule has 0 bridgehead atoms. The van der Waals surface area contributed by atoms with Gasteiger partial charge in [0.1, 0.15) is 17.1 Å². The fourth-order valence-corrected chi connectivity index (χ4v) is 3.82. The van der Waals surface area contributed by atoms with Crippen LogP contribution in [0.2, 0.25) is 0 Å². The summed E-state index contributed by atoms with van der Waals surface area (Å²) >= 11 is 0. The third-order valence-corrected chi connectivity index (χ3v) is 5.63. The maximum atomic E-state index is 13.9. The van der Waals surface area contributed by atoms with E-state index < -0.39 is 29.9 Å². The lowest BCUT2D eigenvalue weighted by atomic mass is 9.99. The molecule has 1 amide bonds. The minimum Gasteiger partial charge on any atom is -0.435 e. The van der Waals surface area contributed by atoms with Crippen LogP contribution < -0.4 is 15.6 Å². The van der Waals surface area contributed by atoms with Crippen LogP contribution in [-0.4, -0.2) is 53.3 Å². The van der Waals surface area contributed by atoms with Crippen LogP contribution in [0.3, 0.4) is 0 Å². The van der Waals surface area contributed by atoms with E-state index in [1.54, 1.807) is 0 Å². The molecule has 0 spiro atoms. The van der Waals surface area contributed by atoms with Crippen molar-refractivity contribution in [3.63, 3.8) is 0 Å². The van der Waals surface area contributed by atoms with Crippen LogP contribution in [0.15, 0.2) is 59.4 Å². The van der Waals surface area contributed by atoms with Gasteiger partial charge in [-0.3, -0.25) is 9.59 Å². The summed E-state index contributed by atoms with van der Waals surface area (Å²) < 4.78 is 49.4. The van der Waals surface area contributed by atoms with Gasteiger partial charge in [0, 0.05) is 18.1 Å². The Bertz CT molecular complexity index is 1240. The van der Waals surface area contributed by atoms with Crippen molar-refractivity contribution in [3.05, 3.63) is 76.3 Å². The van der Waals surface area contributed by atoms with Crippen LogP contribution >= 0.6 is 0 Å². The molecular formula is C24H22F3N3O5. The Morgan fingerprint density at radius 1 is 1.23 bits per heavy atom. The third kappa shape index (κ3) is 5.69. The standard InChI is InChI=1S/C24H22F3N3O5/c25-16-2-1-3-17(10-16)30-23(33)19(22(32)28-21(12-31)15-8-9-34-13-15)11-20(29-30)14-4-6-18(7-5-14)35-24(26)27/h1-7,10-11,15,21,24,31H,8-9,12-13H2,(H,28,32)/t15-,21+/m1/s1. The smallest absolute Gasteiger partial charge is 0.387 e. The van der Waals surface area contributed by atoms with Gasteiger partial charge in [-0.1, -0.05) is 6.07 Å². The lowest BCUT2D eigenvalue weighted by Gasteiger charge is -2.21. The summed E-state index contributed by atoms with van der Waals surface area (Å²) in [5, 5.41) is 16.7. The molecule has 1 saturated heterocycles. The Labute approximate surface area is 197 Å². The van der Waals surface area contributed by atoms with Crippen molar-refractivity contribution < 1.29 is 32.5 Å². The Kier molecular flexibility index (Phi) is 7.47. The van der Waals surface area contributed by atoms with E-state index in [-0.39, 0.29) is 35.2 Å². The molecule has 2 N–H and O–H groups in total. The molecule has 2 atom stereocenters. The summed E-state index contributed by atoms with van der Waals surface area (Å²) in [4.78, 5) is 26.3. The van der Waals surface area contributed by atoms with Crippen molar-refractivity contribution in [2.24, 2.45) is 5.92 Å². The van der Waals surface area contributed by atoms with Crippen molar-refractivity contribution >= 4 is 5.91 Å². The van der Waals surface area contributed by atoms with Crippen LogP contribution in [0.4, 0.5) is 13.2 Å². The van der Waals surface area contributed by atoms with Crippen LogP contribution in [0.1, 0.15) is 16.8 Å². The number of nitrogens with zero attached hydrogens (tertiary/aromatic N) is 2. The number of amides is 1. The van der Waals surface area contributed by atoms with Gasteiger partial charge in [-0.05, 0) is 55.0 Å². The second-order valence-corrected chi connectivity index (χ2v) is 7.93. The Morgan fingerprint density at radius 3 is 2.63 bits per heavy atom. The van der Waals surface area contributed by atoms with Crippen LogP contribution in [0.5, 0.6) is 5.75 Å². The van der Waals surface area contributed by atoms with Gasteiger partial charge < -0.3 is 19.9 Å². The summed E-state index contributed by atoms with van der Waals surface area (Å²) in [6, 6.07) is 11.2. The summed E-state index contributed by atoms with van der Waals surface area (Å²) in [5.74, 6) is -1.54. The van der Waals surface area contributed by atoms with Crippen molar-refractivity contribution in [3.8, 4) is 22.7 Å². The van der Waals surface area contributed by atoms with Gasteiger partial charge in [0.2, 0.25) is 0 Å². The highest BCUT2D eigenvalue weighted by atomic mass is 19.3. The average molecular weight is 489 g/mol. The zero-order valence-corrected chi connectivity index (χ0v) is 18.4. The fourth-order valence-electron chi connectivity index (χ4n) is 3.82. The number of alkyl halides is 2. The first-order valence-electron chi connectivity index (χ1n) is 10.8. The summed E-state index contributed by atoms with van der Waals surface area (Å²) in [6.07, 6.45) is 0.646. The molecule has 8 nitrogen and oxygen atoms in total. The van der Waals surface area contributed by atoms with E-state index in [1.165, 1.54) is 48.5 Å². The molecule has 0 aliphatic carbocycles. The molecule has 1 aliphatic rings. The highest BCUT2D eigenvalue weighted by Gasteiger charge is 2.28. The van der Waals surface area contributed by atoms with E-state index in [0.29, 0.717) is 25.2 Å². The zero-order valence-electron chi connectivity index (χ0n) is 18.4. The van der Waals surface area contributed by atoms with Gasteiger partial charge in [0.15, 0.2) is 0 Å². The Balaban J connectivity index is 1.75. The van der Waals surface area contributed by atoms with Crippen LogP contribution in [0, 0.1) is 11.7 Å². The monoisotopic (exact) mass is 489 g/mol. The highest BCUT2D eigenvalue weighted by Crippen LogP contribution is 2.23. The van der Waals surface area contributed by atoms with E-state index in [0.717, 1.165) is 10.7 Å². The molecule has 1 fully saturated rings. The molecule has 2 aromatic carbocycles. The number of aliphatic hydroxyl groups excluding tert-OH is 1. The Morgan fingerprint density at radius 2 is 2.00 bits per heavy atom. The molecule has 0 saturated carbocycles. The molecule has 0 radical (unpaired) electrons. The molecule has 1 aliphatic heterocycles. The minimum absolute atomic E-state index is 0.0789. The summed E-state index contributed by atoms with van der Waals surface area (Å²) in [7, 11) is 0. The predicted molar refractivity (Wildman–Crippen MR) is 119 cm³/mol. The molecule has 184 valence electrons. The number of benzene rings is 2. The SMILES string of the molecule is O=C(N[C@@H](CO)[C@@H]1CCOC1)c1cc(-c2ccc(OC(F)F)cc2)nn(-c2cccc(F)c2)c1=O. The quantitative estimate of drug-likeness (QED) is 0.505. The van der Waals surface area contributed by atoms with Gasteiger partial charge in [-0.25, -0.2) is 4.39 Å². The predicted octanol–water partition coefficient (Wildman–Crippen LogP) is 2.77. The maximum Gasteiger partial charge on any atom is 0.387 e. The largest absolute Gasteiger partial charge is 0.435 e. The molecule has 1 aromatic heterocycles. The van der Waals surface area contributed by atoms with E-state index in [9.17, 15) is 27.9 Å². The maximum absolute atomic E-state index is 13.9. The average Bonchev–Trinajstić information content (AvgIpc) is 3.37. The van der Waals surface area contributed by atoms with Crippen molar-refractivity contribution in [2.45, 2.75) is 19.1 Å². The Hall–Kier alpha value is -3.70. The van der Waals surface area contributed by atoms with Crippen molar-refractivity contribution in [2.75, 3.05) is 19.8 Å². The number of ether oxygens (including phenoxy) is 2. The van der Waals surface area contributed by atoms with Gasteiger partial charge in [-0.2, -0.15) is 18.6 Å². The first-order chi connectivity index (χ1) is 16.9.